The molecule has 0 aromatic heterocycles. The standard InChI is InChI=1S/C16H21F2N3O4/c1-10(15(23)21-13-9-11(17)6-7-12(13)18)25-14(22)5-3-2-4-8-20-16(19)24/h6-7,9-10H,2-5,8H2,1H3,(H,21,23)(H3,19,20,24)/t10-/m0/s1. The first kappa shape index (κ1) is 20.3. The molecular weight excluding hydrogens is 336 g/mol. The molecule has 0 bridgehead atoms. The Balaban J connectivity index is 2.31. The number of unbranched alkanes of at least 4 members (excludes halogenated alkanes) is 2. The van der Waals surface area contributed by atoms with Gasteiger partial charge in [-0.2, -0.15) is 0 Å². The lowest BCUT2D eigenvalue weighted by Gasteiger charge is -2.14. The summed E-state index contributed by atoms with van der Waals surface area (Å²) in [5, 5.41) is 4.59. The fourth-order valence-corrected chi connectivity index (χ4v) is 1.92. The second-order valence-electron chi connectivity index (χ2n) is 5.35. The summed E-state index contributed by atoms with van der Waals surface area (Å²) in [5.41, 5.74) is 4.58. The molecule has 4 N–H and O–H groups in total. The van der Waals surface area contributed by atoms with Gasteiger partial charge in [0.1, 0.15) is 11.6 Å². The molecule has 0 fully saturated rings. The molecule has 0 unspecified atom stereocenters. The van der Waals surface area contributed by atoms with Gasteiger partial charge in [-0.15, -0.1) is 0 Å². The van der Waals surface area contributed by atoms with E-state index in [4.69, 9.17) is 10.5 Å². The second kappa shape index (κ2) is 10.2. The van der Waals surface area contributed by atoms with Crippen LogP contribution in [0.25, 0.3) is 0 Å². The van der Waals surface area contributed by atoms with Crippen molar-refractivity contribution < 1.29 is 27.9 Å². The van der Waals surface area contributed by atoms with Crippen LogP contribution in [0, 0.1) is 11.6 Å². The topological polar surface area (TPSA) is 111 Å². The number of rotatable bonds is 9. The van der Waals surface area contributed by atoms with Crippen molar-refractivity contribution in [2.75, 3.05) is 11.9 Å². The van der Waals surface area contributed by atoms with E-state index in [-0.39, 0.29) is 12.1 Å². The molecule has 9 heteroatoms. The summed E-state index contributed by atoms with van der Waals surface area (Å²) in [5.74, 6) is -2.83. The number of ether oxygens (including phenoxy) is 1. The fraction of sp³-hybridized carbons (Fsp3) is 0.438. The Kier molecular flexibility index (Phi) is 8.31. The minimum Gasteiger partial charge on any atom is -0.453 e. The molecule has 1 aromatic carbocycles. The number of halogens is 2. The predicted octanol–water partition coefficient (Wildman–Crippen LogP) is 2.06. The maximum Gasteiger partial charge on any atom is 0.312 e. The lowest BCUT2D eigenvalue weighted by Crippen LogP contribution is -2.30. The summed E-state index contributed by atoms with van der Waals surface area (Å²) >= 11 is 0. The Morgan fingerprint density at radius 1 is 1.20 bits per heavy atom. The molecular formula is C16H21F2N3O4. The van der Waals surface area contributed by atoms with Crippen molar-refractivity contribution in [3.8, 4) is 0 Å². The van der Waals surface area contributed by atoms with E-state index in [0.29, 0.717) is 25.8 Å². The minimum absolute atomic E-state index is 0.0997. The van der Waals surface area contributed by atoms with E-state index in [0.717, 1.165) is 18.2 Å². The van der Waals surface area contributed by atoms with Gasteiger partial charge in [-0.1, -0.05) is 6.42 Å². The number of benzene rings is 1. The number of primary amides is 1. The molecule has 0 aliphatic carbocycles. The second-order valence-corrected chi connectivity index (χ2v) is 5.35. The van der Waals surface area contributed by atoms with E-state index in [1.54, 1.807) is 0 Å². The highest BCUT2D eigenvalue weighted by Crippen LogP contribution is 2.16. The number of amides is 3. The third kappa shape index (κ3) is 8.09. The van der Waals surface area contributed by atoms with Gasteiger partial charge in [0.15, 0.2) is 6.10 Å². The Morgan fingerprint density at radius 3 is 2.60 bits per heavy atom. The van der Waals surface area contributed by atoms with Crippen molar-refractivity contribution >= 4 is 23.6 Å². The van der Waals surface area contributed by atoms with Crippen molar-refractivity contribution in [1.82, 2.24) is 5.32 Å². The SMILES string of the molecule is C[C@H](OC(=O)CCCCCNC(N)=O)C(=O)Nc1cc(F)ccc1F. The molecule has 0 saturated carbocycles. The van der Waals surface area contributed by atoms with Crippen LogP contribution < -0.4 is 16.4 Å². The molecule has 0 spiro atoms. The number of carbonyl (C=O) groups is 3. The largest absolute Gasteiger partial charge is 0.453 e. The number of hydrogen-bond acceptors (Lipinski definition) is 4. The molecule has 1 rings (SSSR count). The number of nitrogens with one attached hydrogen (secondary N) is 2. The average molecular weight is 357 g/mol. The van der Waals surface area contributed by atoms with Crippen LogP contribution in [-0.4, -0.2) is 30.6 Å². The summed E-state index contributed by atoms with van der Waals surface area (Å²) in [7, 11) is 0. The van der Waals surface area contributed by atoms with Crippen molar-refractivity contribution in [2.24, 2.45) is 5.73 Å². The van der Waals surface area contributed by atoms with Crippen molar-refractivity contribution in [3.63, 3.8) is 0 Å². The Hall–Kier alpha value is -2.71. The maximum atomic E-state index is 13.5. The van der Waals surface area contributed by atoms with E-state index in [1.165, 1.54) is 6.92 Å². The molecule has 138 valence electrons. The molecule has 0 aliphatic rings. The van der Waals surface area contributed by atoms with E-state index >= 15 is 0 Å². The summed E-state index contributed by atoms with van der Waals surface area (Å²) in [6, 6.07) is 2.04. The quantitative estimate of drug-likeness (QED) is 0.464. The third-order valence-corrected chi connectivity index (χ3v) is 3.22. The zero-order valence-electron chi connectivity index (χ0n) is 13.8. The zero-order valence-corrected chi connectivity index (χ0v) is 13.8. The Bertz CT molecular complexity index is 625. The van der Waals surface area contributed by atoms with Gasteiger partial charge in [-0.3, -0.25) is 9.59 Å². The van der Waals surface area contributed by atoms with Crippen LogP contribution >= 0.6 is 0 Å². The summed E-state index contributed by atoms with van der Waals surface area (Å²) in [6.07, 6.45) is 0.802. The monoisotopic (exact) mass is 357 g/mol. The number of esters is 1. The highest BCUT2D eigenvalue weighted by Gasteiger charge is 2.19. The lowest BCUT2D eigenvalue weighted by molar-refractivity contribution is -0.153. The fourth-order valence-electron chi connectivity index (χ4n) is 1.92. The smallest absolute Gasteiger partial charge is 0.312 e. The molecule has 0 radical (unpaired) electrons. The molecule has 0 aliphatic heterocycles. The van der Waals surface area contributed by atoms with Gasteiger partial charge in [0.2, 0.25) is 0 Å². The zero-order chi connectivity index (χ0) is 18.8. The van der Waals surface area contributed by atoms with E-state index in [1.807, 2.05) is 0 Å². The third-order valence-electron chi connectivity index (χ3n) is 3.22. The first-order chi connectivity index (χ1) is 11.8. The minimum atomic E-state index is -1.15. The number of carbonyl (C=O) groups excluding carboxylic acids is 3. The van der Waals surface area contributed by atoms with Crippen LogP contribution in [0.3, 0.4) is 0 Å². The van der Waals surface area contributed by atoms with Crippen LogP contribution in [0.4, 0.5) is 19.3 Å². The van der Waals surface area contributed by atoms with Crippen LogP contribution in [0.5, 0.6) is 0 Å². The van der Waals surface area contributed by atoms with Crippen LogP contribution in [0.15, 0.2) is 18.2 Å². The molecule has 0 heterocycles. The molecule has 1 aromatic rings. The normalized spacial score (nSPS) is 11.5. The van der Waals surface area contributed by atoms with Gasteiger partial charge in [0, 0.05) is 19.0 Å². The van der Waals surface area contributed by atoms with Gasteiger partial charge in [-0.05, 0) is 31.9 Å². The van der Waals surface area contributed by atoms with Gasteiger partial charge in [0.05, 0.1) is 5.69 Å². The lowest BCUT2D eigenvalue weighted by atomic mass is 10.2. The van der Waals surface area contributed by atoms with Crippen molar-refractivity contribution in [2.45, 2.75) is 38.7 Å². The maximum absolute atomic E-state index is 13.5. The van der Waals surface area contributed by atoms with E-state index < -0.39 is 35.6 Å². The first-order valence-corrected chi connectivity index (χ1v) is 7.78. The highest BCUT2D eigenvalue weighted by atomic mass is 19.1. The van der Waals surface area contributed by atoms with E-state index in [9.17, 15) is 23.2 Å². The highest BCUT2D eigenvalue weighted by molar-refractivity contribution is 5.95. The van der Waals surface area contributed by atoms with Crippen LogP contribution in [-0.2, 0) is 14.3 Å². The number of hydrogen-bond donors (Lipinski definition) is 3. The molecule has 0 saturated heterocycles. The van der Waals surface area contributed by atoms with Gasteiger partial charge in [0.25, 0.3) is 5.91 Å². The number of nitrogens with two attached hydrogens (primary N) is 1. The van der Waals surface area contributed by atoms with Crippen molar-refractivity contribution in [1.29, 1.82) is 0 Å². The van der Waals surface area contributed by atoms with Gasteiger partial charge >= 0.3 is 12.0 Å². The van der Waals surface area contributed by atoms with Crippen LogP contribution in [0.1, 0.15) is 32.6 Å². The molecule has 7 nitrogen and oxygen atoms in total. The Labute approximate surface area is 143 Å². The average Bonchev–Trinajstić information content (AvgIpc) is 2.53. The molecule has 1 atom stereocenters. The summed E-state index contributed by atoms with van der Waals surface area (Å²) in [4.78, 5) is 34.0. The molecule has 3 amide bonds. The van der Waals surface area contributed by atoms with Crippen molar-refractivity contribution in [3.05, 3.63) is 29.8 Å². The van der Waals surface area contributed by atoms with Gasteiger partial charge in [-0.25, -0.2) is 13.6 Å². The number of anilines is 1. The number of urea groups is 1. The Morgan fingerprint density at radius 2 is 1.92 bits per heavy atom. The van der Waals surface area contributed by atoms with Gasteiger partial charge < -0.3 is 21.1 Å². The van der Waals surface area contributed by atoms with E-state index in [2.05, 4.69) is 10.6 Å². The predicted molar refractivity (Wildman–Crippen MR) is 86.6 cm³/mol. The molecule has 25 heavy (non-hydrogen) atoms. The summed E-state index contributed by atoms with van der Waals surface area (Å²) in [6.45, 7) is 1.75. The summed E-state index contributed by atoms with van der Waals surface area (Å²) < 4.78 is 31.4. The van der Waals surface area contributed by atoms with Crippen LogP contribution in [0.2, 0.25) is 0 Å². The first-order valence-electron chi connectivity index (χ1n) is 7.78.